The van der Waals surface area contributed by atoms with Crippen LogP contribution in [0.4, 0.5) is 0 Å². The van der Waals surface area contributed by atoms with E-state index in [9.17, 15) is 4.79 Å². The molecule has 5 heteroatoms. The molecule has 3 heterocycles. The molecule has 0 spiro atoms. The number of hydrogen-bond acceptors (Lipinski definition) is 4. The van der Waals surface area contributed by atoms with Gasteiger partial charge in [-0.15, -0.1) is 11.3 Å². The van der Waals surface area contributed by atoms with Crippen molar-refractivity contribution in [2.24, 2.45) is 0 Å². The zero-order valence-corrected chi connectivity index (χ0v) is 14.9. The summed E-state index contributed by atoms with van der Waals surface area (Å²) in [4.78, 5) is 24.7. The number of carbonyl (C=O) groups excluding carboxylic acids is 1. The topological polar surface area (TPSA) is 46.1 Å². The van der Waals surface area contributed by atoms with Crippen molar-refractivity contribution < 1.29 is 4.79 Å². The predicted octanol–water partition coefficient (Wildman–Crippen LogP) is 3.64. The van der Waals surface area contributed by atoms with Gasteiger partial charge in [0.2, 0.25) is 5.91 Å². The lowest BCUT2D eigenvalue weighted by molar-refractivity contribution is -0.131. The Morgan fingerprint density at radius 3 is 2.76 bits per heavy atom. The molecule has 0 atom stereocenters. The zero-order chi connectivity index (χ0) is 17.2. The first-order valence-corrected chi connectivity index (χ1v) is 9.24. The van der Waals surface area contributed by atoms with Gasteiger partial charge in [-0.05, 0) is 36.6 Å². The van der Waals surface area contributed by atoms with Gasteiger partial charge in [0, 0.05) is 24.2 Å². The first-order valence-electron chi connectivity index (χ1n) is 8.43. The highest BCUT2D eigenvalue weighted by atomic mass is 32.1. The van der Waals surface area contributed by atoms with Crippen molar-refractivity contribution in [1.82, 2.24) is 14.9 Å². The lowest BCUT2D eigenvalue weighted by atomic mass is 10.00. The zero-order valence-electron chi connectivity index (χ0n) is 14.1. The minimum Gasteiger partial charge on any atom is -0.338 e. The van der Waals surface area contributed by atoms with Crippen LogP contribution >= 0.6 is 11.3 Å². The van der Waals surface area contributed by atoms with E-state index in [2.05, 4.69) is 28.2 Å². The summed E-state index contributed by atoms with van der Waals surface area (Å²) in [6, 6.07) is 14.2. The summed E-state index contributed by atoms with van der Waals surface area (Å²) in [6.07, 6.45) is 3.11. The molecule has 4 nitrogen and oxygen atoms in total. The number of hydrogen-bond donors (Lipinski definition) is 0. The summed E-state index contributed by atoms with van der Waals surface area (Å²) in [5, 5.41) is 0.880. The van der Waals surface area contributed by atoms with Gasteiger partial charge in [0.15, 0.2) is 0 Å². The molecule has 25 heavy (non-hydrogen) atoms. The largest absolute Gasteiger partial charge is 0.338 e. The molecular formula is C20H19N3OS. The molecule has 1 aromatic carbocycles. The van der Waals surface area contributed by atoms with Gasteiger partial charge in [-0.25, -0.2) is 4.98 Å². The van der Waals surface area contributed by atoms with E-state index < -0.39 is 0 Å². The number of rotatable bonds is 3. The molecule has 1 aliphatic rings. The van der Waals surface area contributed by atoms with Crippen LogP contribution in [0.25, 0.3) is 10.7 Å². The third-order valence-corrected chi connectivity index (χ3v) is 5.75. The quantitative estimate of drug-likeness (QED) is 0.725. The Bertz CT molecular complexity index is 904. The van der Waals surface area contributed by atoms with Crippen molar-refractivity contribution in [2.75, 3.05) is 6.54 Å². The van der Waals surface area contributed by atoms with Crippen LogP contribution in [-0.2, 0) is 24.2 Å². The second kappa shape index (κ2) is 6.76. The Morgan fingerprint density at radius 1 is 1.16 bits per heavy atom. The molecule has 0 saturated heterocycles. The number of benzene rings is 1. The Kier molecular flexibility index (Phi) is 4.32. The number of thiazole rings is 1. The molecule has 0 fully saturated rings. The van der Waals surface area contributed by atoms with Gasteiger partial charge in [-0.3, -0.25) is 9.78 Å². The fraction of sp³-hybridized carbons (Fsp3) is 0.250. The van der Waals surface area contributed by atoms with E-state index in [4.69, 9.17) is 0 Å². The molecule has 0 aliphatic carbocycles. The summed E-state index contributed by atoms with van der Waals surface area (Å²) in [7, 11) is 0. The summed E-state index contributed by atoms with van der Waals surface area (Å²) >= 11 is 1.57. The molecule has 1 aliphatic heterocycles. The minimum absolute atomic E-state index is 0.175. The van der Waals surface area contributed by atoms with Crippen molar-refractivity contribution >= 4 is 17.2 Å². The third kappa shape index (κ3) is 3.33. The smallest absolute Gasteiger partial charge is 0.228 e. The fourth-order valence-corrected chi connectivity index (χ4v) is 4.18. The number of nitrogens with zero attached hydrogens (tertiary/aromatic N) is 3. The molecule has 126 valence electrons. The van der Waals surface area contributed by atoms with E-state index in [1.165, 1.54) is 11.1 Å². The molecule has 0 saturated carbocycles. The molecule has 1 amide bonds. The summed E-state index contributed by atoms with van der Waals surface area (Å²) in [5.41, 5.74) is 4.41. The number of carbonyl (C=O) groups is 1. The average molecular weight is 349 g/mol. The normalized spacial score (nSPS) is 13.6. The standard InChI is InChI=1S/C20H19N3OS/c1-14-18(25-20(22-14)17-8-4-5-10-21-17)12-19(24)23-11-9-15-6-2-3-7-16(15)13-23/h2-8,10H,9,11-13H2,1H3. The molecular weight excluding hydrogens is 330 g/mol. The second-order valence-corrected chi connectivity index (χ2v) is 7.34. The molecule has 3 aromatic rings. The molecule has 2 aromatic heterocycles. The van der Waals surface area contributed by atoms with Crippen LogP contribution in [0.5, 0.6) is 0 Å². The minimum atomic E-state index is 0.175. The van der Waals surface area contributed by atoms with E-state index in [-0.39, 0.29) is 5.91 Å². The maximum Gasteiger partial charge on any atom is 0.228 e. The van der Waals surface area contributed by atoms with Gasteiger partial charge in [0.1, 0.15) is 5.01 Å². The van der Waals surface area contributed by atoms with Crippen LogP contribution in [0.15, 0.2) is 48.7 Å². The van der Waals surface area contributed by atoms with E-state index in [1.54, 1.807) is 17.5 Å². The first-order chi connectivity index (χ1) is 12.2. The van der Waals surface area contributed by atoms with Crippen molar-refractivity contribution in [3.63, 3.8) is 0 Å². The van der Waals surface area contributed by atoms with Crippen LogP contribution in [0.2, 0.25) is 0 Å². The Morgan fingerprint density at radius 2 is 1.96 bits per heavy atom. The van der Waals surface area contributed by atoms with Crippen LogP contribution in [0.3, 0.4) is 0 Å². The number of amides is 1. The predicted molar refractivity (Wildman–Crippen MR) is 99.3 cm³/mol. The van der Waals surface area contributed by atoms with Gasteiger partial charge in [0.05, 0.1) is 17.8 Å². The monoisotopic (exact) mass is 349 g/mol. The highest BCUT2D eigenvalue weighted by molar-refractivity contribution is 7.15. The summed E-state index contributed by atoms with van der Waals surface area (Å²) < 4.78 is 0. The maximum atomic E-state index is 12.8. The van der Waals surface area contributed by atoms with Crippen LogP contribution in [-0.4, -0.2) is 27.3 Å². The van der Waals surface area contributed by atoms with Crippen LogP contribution in [0, 0.1) is 6.92 Å². The molecule has 0 N–H and O–H groups in total. The van der Waals surface area contributed by atoms with Crippen LogP contribution in [0.1, 0.15) is 21.7 Å². The van der Waals surface area contributed by atoms with Crippen molar-refractivity contribution in [3.8, 4) is 10.7 Å². The molecule has 4 rings (SSSR count). The lowest BCUT2D eigenvalue weighted by Crippen LogP contribution is -2.36. The number of pyridine rings is 1. The average Bonchev–Trinajstić information content (AvgIpc) is 3.02. The Labute approximate surface area is 151 Å². The Balaban J connectivity index is 1.49. The number of aromatic nitrogens is 2. The van der Waals surface area contributed by atoms with Gasteiger partial charge >= 0.3 is 0 Å². The number of aryl methyl sites for hydroxylation is 1. The summed E-state index contributed by atoms with van der Waals surface area (Å²) in [5.74, 6) is 0.175. The van der Waals surface area contributed by atoms with Crippen molar-refractivity contribution in [2.45, 2.75) is 26.3 Å². The highest BCUT2D eigenvalue weighted by Gasteiger charge is 2.22. The first kappa shape index (κ1) is 16.0. The summed E-state index contributed by atoms with van der Waals surface area (Å²) in [6.45, 7) is 3.47. The number of fused-ring (bicyclic) bond motifs is 1. The van der Waals surface area contributed by atoms with Crippen molar-refractivity contribution in [3.05, 3.63) is 70.4 Å². The maximum absolute atomic E-state index is 12.8. The van der Waals surface area contributed by atoms with Crippen molar-refractivity contribution in [1.29, 1.82) is 0 Å². The van der Waals surface area contributed by atoms with Gasteiger partial charge < -0.3 is 4.90 Å². The SMILES string of the molecule is Cc1nc(-c2ccccn2)sc1CC(=O)N1CCc2ccccc2C1. The molecule has 0 bridgehead atoms. The van der Waals surface area contributed by atoms with E-state index in [0.717, 1.165) is 34.2 Å². The van der Waals surface area contributed by atoms with Gasteiger partial charge in [-0.1, -0.05) is 30.3 Å². The Hall–Kier alpha value is -2.53. The van der Waals surface area contributed by atoms with E-state index in [0.29, 0.717) is 13.0 Å². The third-order valence-electron chi connectivity index (χ3n) is 4.57. The lowest BCUT2D eigenvalue weighted by Gasteiger charge is -2.28. The fourth-order valence-electron chi connectivity index (χ4n) is 3.15. The van der Waals surface area contributed by atoms with E-state index in [1.807, 2.05) is 36.1 Å². The second-order valence-electron chi connectivity index (χ2n) is 6.25. The van der Waals surface area contributed by atoms with Crippen LogP contribution < -0.4 is 0 Å². The van der Waals surface area contributed by atoms with Gasteiger partial charge in [-0.2, -0.15) is 0 Å². The molecule has 0 radical (unpaired) electrons. The molecule has 0 unspecified atom stereocenters. The highest BCUT2D eigenvalue weighted by Crippen LogP contribution is 2.27. The van der Waals surface area contributed by atoms with Gasteiger partial charge in [0.25, 0.3) is 0 Å². The van der Waals surface area contributed by atoms with E-state index >= 15 is 0 Å².